The number of nitrogens with zero attached hydrogens (tertiary/aromatic N) is 3. The Hall–Kier alpha value is -2.15. The summed E-state index contributed by atoms with van der Waals surface area (Å²) in [6.07, 6.45) is 4.64. The van der Waals surface area contributed by atoms with Crippen LogP contribution in [0.1, 0.15) is 23.1 Å². The summed E-state index contributed by atoms with van der Waals surface area (Å²) >= 11 is 1.55. The highest BCUT2D eigenvalue weighted by molar-refractivity contribution is 7.15. The minimum absolute atomic E-state index is 0.201. The Balaban J connectivity index is 1.73. The highest BCUT2D eigenvalue weighted by atomic mass is 32.1. The summed E-state index contributed by atoms with van der Waals surface area (Å²) in [6, 6.07) is 1.95. The standard InChI is InChI=1S/C15H19N5OS/c1-3-17-14(21)19-15-18-12-4-5-20(9-13(12)22-15)11-6-10(2)7-16-8-11/h6-8H,3-5,9H2,1-2H3,(H2,17,18,19,21). The summed E-state index contributed by atoms with van der Waals surface area (Å²) in [4.78, 5) is 23.9. The molecule has 0 saturated heterocycles. The molecule has 7 heteroatoms. The van der Waals surface area contributed by atoms with Gasteiger partial charge in [-0.2, -0.15) is 0 Å². The molecule has 22 heavy (non-hydrogen) atoms. The molecule has 0 spiro atoms. The lowest BCUT2D eigenvalue weighted by Gasteiger charge is -2.27. The van der Waals surface area contributed by atoms with Gasteiger partial charge in [0.25, 0.3) is 0 Å². The Labute approximate surface area is 133 Å². The van der Waals surface area contributed by atoms with Crippen LogP contribution in [0.15, 0.2) is 18.5 Å². The monoisotopic (exact) mass is 317 g/mol. The molecule has 2 aromatic rings. The van der Waals surface area contributed by atoms with Crippen LogP contribution in [0.5, 0.6) is 0 Å². The second kappa shape index (κ2) is 6.31. The molecule has 0 fully saturated rings. The average molecular weight is 317 g/mol. The van der Waals surface area contributed by atoms with Crippen molar-refractivity contribution in [2.75, 3.05) is 23.3 Å². The zero-order valence-electron chi connectivity index (χ0n) is 12.7. The number of urea groups is 1. The lowest BCUT2D eigenvalue weighted by atomic mass is 10.1. The predicted molar refractivity (Wildman–Crippen MR) is 88.5 cm³/mol. The number of carbonyl (C=O) groups excluding carboxylic acids is 1. The number of anilines is 2. The maximum Gasteiger partial charge on any atom is 0.321 e. The SMILES string of the molecule is CCNC(=O)Nc1nc2c(s1)CN(c1cncc(C)c1)CC2. The largest absolute Gasteiger partial charge is 0.365 e. The molecule has 0 aliphatic carbocycles. The van der Waals surface area contributed by atoms with E-state index < -0.39 is 0 Å². The van der Waals surface area contributed by atoms with E-state index in [9.17, 15) is 4.79 Å². The summed E-state index contributed by atoms with van der Waals surface area (Å²) in [5.74, 6) is 0. The predicted octanol–water partition coefficient (Wildman–Crippen LogP) is 2.55. The van der Waals surface area contributed by atoms with Crippen molar-refractivity contribution in [3.05, 3.63) is 34.6 Å². The Morgan fingerprint density at radius 2 is 2.32 bits per heavy atom. The van der Waals surface area contributed by atoms with Crippen LogP contribution in [0.3, 0.4) is 0 Å². The number of aryl methyl sites for hydroxylation is 1. The number of hydrogen-bond donors (Lipinski definition) is 2. The van der Waals surface area contributed by atoms with Gasteiger partial charge in [0, 0.05) is 30.6 Å². The molecule has 0 aromatic carbocycles. The van der Waals surface area contributed by atoms with Crippen molar-refractivity contribution in [1.82, 2.24) is 15.3 Å². The number of carbonyl (C=O) groups is 1. The van der Waals surface area contributed by atoms with Crippen LogP contribution in [0.4, 0.5) is 15.6 Å². The van der Waals surface area contributed by atoms with Gasteiger partial charge in [0.05, 0.1) is 24.1 Å². The van der Waals surface area contributed by atoms with Crippen molar-refractivity contribution in [3.63, 3.8) is 0 Å². The second-order valence-corrected chi connectivity index (χ2v) is 6.35. The first-order valence-electron chi connectivity index (χ1n) is 7.35. The van der Waals surface area contributed by atoms with Gasteiger partial charge < -0.3 is 10.2 Å². The van der Waals surface area contributed by atoms with Crippen molar-refractivity contribution in [2.24, 2.45) is 0 Å². The quantitative estimate of drug-likeness (QED) is 0.913. The molecule has 0 atom stereocenters. The van der Waals surface area contributed by atoms with Crippen LogP contribution in [0.25, 0.3) is 0 Å². The third kappa shape index (κ3) is 3.19. The maximum absolute atomic E-state index is 11.6. The Morgan fingerprint density at radius 1 is 1.45 bits per heavy atom. The molecule has 3 heterocycles. The lowest BCUT2D eigenvalue weighted by Crippen LogP contribution is -2.29. The van der Waals surface area contributed by atoms with Crippen LogP contribution in [-0.4, -0.2) is 29.1 Å². The molecule has 2 aromatic heterocycles. The smallest absolute Gasteiger partial charge is 0.321 e. The molecule has 0 bridgehead atoms. The van der Waals surface area contributed by atoms with Crippen molar-refractivity contribution >= 4 is 28.2 Å². The van der Waals surface area contributed by atoms with E-state index >= 15 is 0 Å². The summed E-state index contributed by atoms with van der Waals surface area (Å²) in [5, 5.41) is 6.17. The fourth-order valence-electron chi connectivity index (χ4n) is 2.48. The van der Waals surface area contributed by atoms with Crippen LogP contribution in [0, 0.1) is 6.92 Å². The van der Waals surface area contributed by atoms with Gasteiger partial charge >= 0.3 is 6.03 Å². The van der Waals surface area contributed by atoms with Crippen LogP contribution in [-0.2, 0) is 13.0 Å². The molecule has 1 aliphatic heterocycles. The molecule has 0 radical (unpaired) electrons. The van der Waals surface area contributed by atoms with Crippen molar-refractivity contribution in [3.8, 4) is 0 Å². The Kier molecular flexibility index (Phi) is 4.24. The van der Waals surface area contributed by atoms with Gasteiger partial charge in [-0.1, -0.05) is 11.3 Å². The van der Waals surface area contributed by atoms with Gasteiger partial charge in [-0.05, 0) is 25.5 Å². The number of hydrogen-bond acceptors (Lipinski definition) is 5. The van der Waals surface area contributed by atoms with Crippen LogP contribution >= 0.6 is 11.3 Å². The van der Waals surface area contributed by atoms with Crippen molar-refractivity contribution in [1.29, 1.82) is 0 Å². The van der Waals surface area contributed by atoms with Crippen LogP contribution in [0.2, 0.25) is 0 Å². The van der Waals surface area contributed by atoms with Gasteiger partial charge in [0.1, 0.15) is 0 Å². The van der Waals surface area contributed by atoms with Crippen molar-refractivity contribution < 1.29 is 4.79 Å². The molecular weight excluding hydrogens is 298 g/mol. The van der Waals surface area contributed by atoms with E-state index in [4.69, 9.17) is 0 Å². The number of aromatic nitrogens is 2. The zero-order valence-corrected chi connectivity index (χ0v) is 13.5. The maximum atomic E-state index is 11.6. The zero-order chi connectivity index (χ0) is 15.5. The summed E-state index contributed by atoms with van der Waals surface area (Å²) < 4.78 is 0. The number of fused-ring (bicyclic) bond motifs is 1. The number of pyridine rings is 1. The summed E-state index contributed by atoms with van der Waals surface area (Å²) in [6.45, 7) is 6.27. The third-order valence-corrected chi connectivity index (χ3v) is 4.51. The first kappa shape index (κ1) is 14.8. The normalized spacial score (nSPS) is 13.6. The summed E-state index contributed by atoms with van der Waals surface area (Å²) in [7, 11) is 0. The van der Waals surface area contributed by atoms with Gasteiger partial charge in [-0.3, -0.25) is 10.3 Å². The molecule has 0 saturated carbocycles. The Bertz CT molecular complexity index is 684. The van der Waals surface area contributed by atoms with Gasteiger partial charge in [-0.15, -0.1) is 0 Å². The van der Waals surface area contributed by atoms with E-state index in [2.05, 4.69) is 31.6 Å². The lowest BCUT2D eigenvalue weighted by molar-refractivity contribution is 0.252. The van der Waals surface area contributed by atoms with E-state index in [0.29, 0.717) is 11.7 Å². The fourth-order valence-corrected chi connectivity index (χ4v) is 3.50. The van der Waals surface area contributed by atoms with Gasteiger partial charge in [0.15, 0.2) is 5.13 Å². The minimum atomic E-state index is -0.201. The van der Waals surface area contributed by atoms with E-state index in [1.165, 1.54) is 4.88 Å². The van der Waals surface area contributed by atoms with E-state index in [-0.39, 0.29) is 6.03 Å². The first-order chi connectivity index (χ1) is 10.7. The number of rotatable bonds is 3. The van der Waals surface area contributed by atoms with E-state index in [1.807, 2.05) is 26.2 Å². The van der Waals surface area contributed by atoms with Crippen molar-refractivity contribution in [2.45, 2.75) is 26.8 Å². The number of thiazole rings is 1. The number of amides is 2. The molecular formula is C15H19N5OS. The molecule has 6 nitrogen and oxygen atoms in total. The fraction of sp³-hybridized carbons (Fsp3) is 0.400. The highest BCUT2D eigenvalue weighted by Gasteiger charge is 2.21. The average Bonchev–Trinajstić information content (AvgIpc) is 2.88. The molecule has 116 valence electrons. The molecule has 3 rings (SSSR count). The first-order valence-corrected chi connectivity index (χ1v) is 8.17. The van der Waals surface area contributed by atoms with E-state index in [1.54, 1.807) is 11.3 Å². The summed E-state index contributed by atoms with van der Waals surface area (Å²) in [5.41, 5.74) is 3.39. The number of nitrogens with one attached hydrogen (secondary N) is 2. The van der Waals surface area contributed by atoms with E-state index in [0.717, 1.165) is 36.5 Å². The molecule has 0 unspecified atom stereocenters. The molecule has 1 aliphatic rings. The van der Waals surface area contributed by atoms with Crippen LogP contribution < -0.4 is 15.5 Å². The minimum Gasteiger partial charge on any atom is -0.365 e. The molecule has 2 N–H and O–H groups in total. The topological polar surface area (TPSA) is 70.2 Å². The second-order valence-electron chi connectivity index (χ2n) is 5.27. The Morgan fingerprint density at radius 3 is 3.09 bits per heavy atom. The highest BCUT2D eigenvalue weighted by Crippen LogP contribution is 2.30. The van der Waals surface area contributed by atoms with Gasteiger partial charge in [0.2, 0.25) is 0 Å². The van der Waals surface area contributed by atoms with Gasteiger partial charge in [-0.25, -0.2) is 9.78 Å². The third-order valence-electron chi connectivity index (χ3n) is 3.51. The molecule has 2 amide bonds.